The van der Waals surface area contributed by atoms with E-state index in [0.717, 1.165) is 22.5 Å². The number of rotatable bonds is 4. The van der Waals surface area contributed by atoms with Crippen molar-refractivity contribution < 1.29 is 22.7 Å². The van der Waals surface area contributed by atoms with Crippen LogP contribution in [0.15, 0.2) is 35.5 Å². The molecule has 3 rings (SSSR count). The number of halogens is 3. The van der Waals surface area contributed by atoms with E-state index in [-0.39, 0.29) is 17.3 Å². The number of alkyl halides is 3. The lowest BCUT2D eigenvalue weighted by Gasteiger charge is -2.26. The number of morpholine rings is 1. The van der Waals surface area contributed by atoms with Gasteiger partial charge in [0.2, 0.25) is 5.91 Å². The summed E-state index contributed by atoms with van der Waals surface area (Å²) < 4.78 is 45.9. The van der Waals surface area contributed by atoms with Crippen molar-refractivity contribution in [1.82, 2.24) is 19.9 Å². The van der Waals surface area contributed by atoms with Crippen LogP contribution >= 0.6 is 11.8 Å². The Bertz CT molecular complexity index is 744. The molecular formula is C15H15F3N4O2S. The first kappa shape index (κ1) is 17.7. The molecule has 25 heavy (non-hydrogen) atoms. The molecule has 1 aromatic carbocycles. The fourth-order valence-electron chi connectivity index (χ4n) is 2.43. The summed E-state index contributed by atoms with van der Waals surface area (Å²) in [5.74, 6) is 0.00632. The van der Waals surface area contributed by atoms with Gasteiger partial charge in [0.15, 0.2) is 0 Å². The highest BCUT2D eigenvalue weighted by Gasteiger charge is 2.34. The Morgan fingerprint density at radius 2 is 1.96 bits per heavy atom. The van der Waals surface area contributed by atoms with Crippen molar-refractivity contribution in [3.8, 4) is 5.69 Å². The maximum atomic E-state index is 13.2. The van der Waals surface area contributed by atoms with Gasteiger partial charge in [0.25, 0.3) is 0 Å². The van der Waals surface area contributed by atoms with E-state index in [2.05, 4.69) is 10.3 Å². The van der Waals surface area contributed by atoms with Gasteiger partial charge in [-0.25, -0.2) is 4.68 Å². The third kappa shape index (κ3) is 4.13. The molecule has 2 heterocycles. The molecule has 0 N–H and O–H groups in total. The minimum atomic E-state index is -4.51. The van der Waals surface area contributed by atoms with Crippen LogP contribution in [-0.2, 0) is 15.7 Å². The summed E-state index contributed by atoms with van der Waals surface area (Å²) in [6, 6.07) is 5.13. The van der Waals surface area contributed by atoms with Gasteiger partial charge in [0, 0.05) is 13.1 Å². The predicted molar refractivity (Wildman–Crippen MR) is 84.5 cm³/mol. The predicted octanol–water partition coefficient (Wildman–Crippen LogP) is 2.24. The van der Waals surface area contributed by atoms with Crippen LogP contribution in [0.2, 0.25) is 0 Å². The van der Waals surface area contributed by atoms with E-state index >= 15 is 0 Å². The van der Waals surface area contributed by atoms with E-state index in [1.165, 1.54) is 24.4 Å². The summed E-state index contributed by atoms with van der Waals surface area (Å²) in [5.41, 5.74) is -0.921. The van der Waals surface area contributed by atoms with E-state index in [1.807, 2.05) is 0 Å². The van der Waals surface area contributed by atoms with Gasteiger partial charge in [-0.1, -0.05) is 29.1 Å². The van der Waals surface area contributed by atoms with Crippen LogP contribution in [0.5, 0.6) is 0 Å². The zero-order valence-electron chi connectivity index (χ0n) is 13.1. The Balaban J connectivity index is 1.76. The van der Waals surface area contributed by atoms with Gasteiger partial charge in [-0.05, 0) is 12.1 Å². The van der Waals surface area contributed by atoms with Crippen molar-refractivity contribution in [2.75, 3.05) is 32.1 Å². The monoisotopic (exact) mass is 372 g/mol. The molecule has 1 amide bonds. The number of thioether (sulfide) groups is 1. The molecule has 1 saturated heterocycles. The smallest absolute Gasteiger partial charge is 0.378 e. The number of amides is 1. The second kappa shape index (κ2) is 7.44. The number of para-hydroxylation sites is 1. The largest absolute Gasteiger partial charge is 0.418 e. The molecule has 6 nitrogen and oxygen atoms in total. The summed E-state index contributed by atoms with van der Waals surface area (Å²) in [7, 11) is 0. The highest BCUT2D eigenvalue weighted by atomic mass is 32.2. The first-order valence-electron chi connectivity index (χ1n) is 7.52. The van der Waals surface area contributed by atoms with Gasteiger partial charge in [-0.15, -0.1) is 5.10 Å². The molecule has 0 bridgehead atoms. The quantitative estimate of drug-likeness (QED) is 0.771. The highest BCUT2D eigenvalue weighted by Crippen LogP contribution is 2.34. The van der Waals surface area contributed by atoms with Gasteiger partial charge >= 0.3 is 6.18 Å². The Kier molecular flexibility index (Phi) is 5.28. The van der Waals surface area contributed by atoms with Gasteiger partial charge in [-0.3, -0.25) is 4.79 Å². The van der Waals surface area contributed by atoms with Crippen LogP contribution < -0.4 is 0 Å². The minimum Gasteiger partial charge on any atom is -0.378 e. The summed E-state index contributed by atoms with van der Waals surface area (Å²) in [5, 5.41) is 7.82. The number of hydrogen-bond acceptors (Lipinski definition) is 5. The molecular weight excluding hydrogens is 357 g/mol. The zero-order chi connectivity index (χ0) is 17.9. The molecule has 0 radical (unpaired) electrons. The molecule has 1 aliphatic rings. The first-order chi connectivity index (χ1) is 12.0. The second-order valence-corrected chi connectivity index (χ2v) is 6.28. The van der Waals surface area contributed by atoms with Crippen LogP contribution in [0, 0.1) is 0 Å². The topological polar surface area (TPSA) is 60.2 Å². The molecule has 10 heteroatoms. The third-order valence-corrected chi connectivity index (χ3v) is 4.63. The molecule has 0 spiro atoms. The fraction of sp³-hybridized carbons (Fsp3) is 0.400. The first-order valence-corrected chi connectivity index (χ1v) is 8.51. The van der Waals surface area contributed by atoms with Crippen molar-refractivity contribution in [2.24, 2.45) is 0 Å². The maximum Gasteiger partial charge on any atom is 0.418 e. The maximum absolute atomic E-state index is 13.2. The summed E-state index contributed by atoms with van der Waals surface area (Å²) >= 11 is 1.11. The molecule has 134 valence electrons. The molecule has 1 aliphatic heterocycles. The van der Waals surface area contributed by atoms with E-state index in [4.69, 9.17) is 4.74 Å². The van der Waals surface area contributed by atoms with Gasteiger partial charge < -0.3 is 9.64 Å². The van der Waals surface area contributed by atoms with Crippen molar-refractivity contribution in [3.05, 3.63) is 36.0 Å². The van der Waals surface area contributed by atoms with Gasteiger partial charge in [0.05, 0.1) is 36.4 Å². The Morgan fingerprint density at radius 3 is 2.68 bits per heavy atom. The average molecular weight is 372 g/mol. The highest BCUT2D eigenvalue weighted by molar-refractivity contribution is 7.99. The Hall–Kier alpha value is -2.07. The van der Waals surface area contributed by atoms with Crippen LogP contribution in [0.25, 0.3) is 5.69 Å². The SMILES string of the molecule is O=C(CSc1cnnn1-c1ccccc1C(F)(F)F)N1CCOCC1. The van der Waals surface area contributed by atoms with Gasteiger partial charge in [0.1, 0.15) is 5.03 Å². The lowest BCUT2D eigenvalue weighted by atomic mass is 10.2. The molecule has 0 saturated carbocycles. The normalized spacial score (nSPS) is 15.4. The van der Waals surface area contributed by atoms with Crippen molar-refractivity contribution >= 4 is 17.7 Å². The number of hydrogen-bond donors (Lipinski definition) is 0. The number of carbonyl (C=O) groups is 1. The Labute approximate surface area is 145 Å². The standard InChI is InChI=1S/C15H15F3N4O2S/c16-15(17,18)11-3-1-2-4-12(11)22-14(9-19-20-22)25-10-13(23)21-5-7-24-8-6-21/h1-4,9H,5-8,10H2. The molecule has 0 unspecified atom stereocenters. The zero-order valence-corrected chi connectivity index (χ0v) is 13.9. The van der Waals surface area contributed by atoms with Crippen LogP contribution in [0.3, 0.4) is 0 Å². The molecule has 1 aromatic heterocycles. The van der Waals surface area contributed by atoms with Crippen LogP contribution in [0.1, 0.15) is 5.56 Å². The summed E-state index contributed by atoms with van der Waals surface area (Å²) in [4.78, 5) is 13.9. The number of aromatic nitrogens is 3. The molecule has 2 aromatic rings. The van der Waals surface area contributed by atoms with Crippen molar-refractivity contribution in [2.45, 2.75) is 11.2 Å². The lowest BCUT2D eigenvalue weighted by molar-refractivity contribution is -0.137. The molecule has 0 aliphatic carbocycles. The fourth-order valence-corrected chi connectivity index (χ4v) is 3.26. The van der Waals surface area contributed by atoms with E-state index < -0.39 is 11.7 Å². The van der Waals surface area contributed by atoms with Crippen LogP contribution in [-0.4, -0.2) is 57.9 Å². The second-order valence-electron chi connectivity index (χ2n) is 5.28. The number of nitrogens with zero attached hydrogens (tertiary/aromatic N) is 4. The lowest BCUT2D eigenvalue weighted by Crippen LogP contribution is -2.41. The third-order valence-electron chi connectivity index (χ3n) is 3.66. The van der Waals surface area contributed by atoms with E-state index in [9.17, 15) is 18.0 Å². The van der Waals surface area contributed by atoms with E-state index in [0.29, 0.717) is 31.3 Å². The summed E-state index contributed by atoms with van der Waals surface area (Å²) in [6.07, 6.45) is -3.15. The van der Waals surface area contributed by atoms with Crippen LogP contribution in [0.4, 0.5) is 13.2 Å². The van der Waals surface area contributed by atoms with Crippen molar-refractivity contribution in [1.29, 1.82) is 0 Å². The number of carbonyl (C=O) groups excluding carboxylic acids is 1. The average Bonchev–Trinajstić information content (AvgIpc) is 3.08. The Morgan fingerprint density at radius 1 is 1.24 bits per heavy atom. The van der Waals surface area contributed by atoms with E-state index in [1.54, 1.807) is 4.90 Å². The minimum absolute atomic E-state index is 0.0924. The number of benzene rings is 1. The number of ether oxygens (including phenoxy) is 1. The van der Waals surface area contributed by atoms with Crippen molar-refractivity contribution in [3.63, 3.8) is 0 Å². The molecule has 1 fully saturated rings. The molecule has 0 atom stereocenters. The van der Waals surface area contributed by atoms with Gasteiger partial charge in [-0.2, -0.15) is 13.2 Å². The summed E-state index contributed by atoms with van der Waals surface area (Å²) in [6.45, 7) is 2.03.